The molecule has 6 heteroatoms. The summed E-state index contributed by atoms with van der Waals surface area (Å²) in [6, 6.07) is 3.01. The fraction of sp³-hybridized carbons (Fsp3) is 0.375. The van der Waals surface area contributed by atoms with Crippen molar-refractivity contribution in [2.24, 2.45) is 5.92 Å². The summed E-state index contributed by atoms with van der Waals surface area (Å²) >= 11 is 0. The van der Waals surface area contributed by atoms with Crippen LogP contribution in [0.2, 0.25) is 0 Å². The Hall–Kier alpha value is -2.24. The number of carbonyl (C=O) groups excluding carboxylic acids is 2. The molecule has 4 nitrogen and oxygen atoms in total. The first-order valence-electron chi connectivity index (χ1n) is 7.09. The normalized spacial score (nSPS) is 18.6. The van der Waals surface area contributed by atoms with Gasteiger partial charge in [-0.2, -0.15) is 0 Å². The highest BCUT2D eigenvalue weighted by atomic mass is 19.2. The highest BCUT2D eigenvalue weighted by Gasteiger charge is 2.25. The second-order valence-electron chi connectivity index (χ2n) is 5.18. The van der Waals surface area contributed by atoms with E-state index in [9.17, 15) is 18.4 Å². The molecule has 1 amide bonds. The molecule has 1 aliphatic rings. The molecule has 0 aliphatic heterocycles. The summed E-state index contributed by atoms with van der Waals surface area (Å²) in [5.41, 5.74) is 0.104. The minimum absolute atomic E-state index is 0.104. The lowest BCUT2D eigenvalue weighted by Gasteiger charge is -2.19. The molecule has 0 saturated carbocycles. The van der Waals surface area contributed by atoms with Gasteiger partial charge in [0, 0.05) is 11.8 Å². The maximum absolute atomic E-state index is 13.1. The molecule has 118 valence electrons. The van der Waals surface area contributed by atoms with Crippen LogP contribution in [-0.4, -0.2) is 18.0 Å². The Labute approximate surface area is 127 Å². The average Bonchev–Trinajstić information content (AvgIpc) is 2.51. The van der Waals surface area contributed by atoms with Gasteiger partial charge in [-0.3, -0.25) is 9.59 Å². The molecule has 0 spiro atoms. The van der Waals surface area contributed by atoms with Crippen LogP contribution in [0.1, 0.15) is 26.2 Å². The number of anilines is 1. The van der Waals surface area contributed by atoms with Crippen LogP contribution >= 0.6 is 0 Å². The van der Waals surface area contributed by atoms with Crippen LogP contribution in [0.15, 0.2) is 30.4 Å². The van der Waals surface area contributed by atoms with E-state index in [1.54, 1.807) is 0 Å². The zero-order valence-corrected chi connectivity index (χ0v) is 12.1. The van der Waals surface area contributed by atoms with Crippen LogP contribution in [0.5, 0.6) is 0 Å². The van der Waals surface area contributed by atoms with Gasteiger partial charge in [-0.25, -0.2) is 8.78 Å². The molecule has 0 fully saturated rings. The van der Waals surface area contributed by atoms with E-state index in [0.717, 1.165) is 18.6 Å². The molecular weight excluding hydrogens is 292 g/mol. The van der Waals surface area contributed by atoms with Gasteiger partial charge in [0.1, 0.15) is 0 Å². The van der Waals surface area contributed by atoms with Gasteiger partial charge in [-0.1, -0.05) is 12.2 Å². The predicted octanol–water partition coefficient (Wildman–Crippen LogP) is 3.19. The van der Waals surface area contributed by atoms with Crippen molar-refractivity contribution < 1.29 is 23.1 Å². The molecule has 1 N–H and O–H groups in total. The molecule has 1 aromatic carbocycles. The van der Waals surface area contributed by atoms with Crippen LogP contribution in [0.3, 0.4) is 0 Å². The van der Waals surface area contributed by atoms with E-state index >= 15 is 0 Å². The SMILES string of the molecule is C[C@@H](OC(=O)[C@H]1CC=CCC1)C(=O)Nc1ccc(F)c(F)c1. The van der Waals surface area contributed by atoms with Gasteiger partial charge in [0.2, 0.25) is 0 Å². The van der Waals surface area contributed by atoms with Crippen molar-refractivity contribution in [3.8, 4) is 0 Å². The minimum Gasteiger partial charge on any atom is -0.452 e. The van der Waals surface area contributed by atoms with Gasteiger partial charge in [-0.05, 0) is 38.3 Å². The van der Waals surface area contributed by atoms with Crippen LogP contribution in [0, 0.1) is 17.6 Å². The van der Waals surface area contributed by atoms with Gasteiger partial charge in [-0.15, -0.1) is 0 Å². The third kappa shape index (κ3) is 4.13. The number of allylic oxidation sites excluding steroid dienone is 2. The quantitative estimate of drug-likeness (QED) is 0.686. The molecule has 0 saturated heterocycles. The van der Waals surface area contributed by atoms with Crippen molar-refractivity contribution in [1.29, 1.82) is 0 Å². The van der Waals surface area contributed by atoms with E-state index in [4.69, 9.17) is 4.74 Å². The van der Waals surface area contributed by atoms with Crippen molar-refractivity contribution >= 4 is 17.6 Å². The molecule has 22 heavy (non-hydrogen) atoms. The molecule has 0 bridgehead atoms. The number of hydrogen-bond donors (Lipinski definition) is 1. The lowest BCUT2D eigenvalue weighted by atomic mass is 9.95. The van der Waals surface area contributed by atoms with E-state index in [1.807, 2.05) is 12.2 Å². The summed E-state index contributed by atoms with van der Waals surface area (Å²) in [6.45, 7) is 1.44. The fourth-order valence-electron chi connectivity index (χ4n) is 2.15. The van der Waals surface area contributed by atoms with E-state index in [-0.39, 0.29) is 11.6 Å². The van der Waals surface area contributed by atoms with Gasteiger partial charge in [0.15, 0.2) is 17.7 Å². The zero-order valence-electron chi connectivity index (χ0n) is 12.1. The van der Waals surface area contributed by atoms with Gasteiger partial charge in [0.25, 0.3) is 5.91 Å². The van der Waals surface area contributed by atoms with E-state index in [2.05, 4.69) is 5.32 Å². The summed E-state index contributed by atoms with van der Waals surface area (Å²) < 4.78 is 31.0. The number of amides is 1. The highest BCUT2D eigenvalue weighted by molar-refractivity contribution is 5.95. The standard InChI is InChI=1S/C16H17F2NO3/c1-10(22-16(21)11-5-3-2-4-6-11)15(20)19-12-7-8-13(17)14(18)9-12/h2-3,7-11H,4-6H2,1H3,(H,19,20)/t10-,11+/m1/s1. The lowest BCUT2D eigenvalue weighted by molar-refractivity contribution is -0.157. The number of benzene rings is 1. The number of hydrogen-bond acceptors (Lipinski definition) is 3. The summed E-state index contributed by atoms with van der Waals surface area (Å²) in [7, 11) is 0. The maximum Gasteiger partial charge on any atom is 0.310 e. The molecule has 2 rings (SSSR count). The molecule has 0 heterocycles. The summed E-state index contributed by atoms with van der Waals surface area (Å²) in [5.74, 6) is -3.30. The van der Waals surface area contributed by atoms with Crippen LogP contribution < -0.4 is 5.32 Å². The second-order valence-corrected chi connectivity index (χ2v) is 5.18. The van der Waals surface area contributed by atoms with Crippen LogP contribution in [-0.2, 0) is 14.3 Å². The van der Waals surface area contributed by atoms with Crippen LogP contribution in [0.25, 0.3) is 0 Å². The monoisotopic (exact) mass is 309 g/mol. The molecule has 2 atom stereocenters. The Bertz CT molecular complexity index is 601. The lowest BCUT2D eigenvalue weighted by Crippen LogP contribution is -2.32. The fourth-order valence-corrected chi connectivity index (χ4v) is 2.15. The molecule has 1 aromatic rings. The number of esters is 1. The molecule has 0 unspecified atom stereocenters. The average molecular weight is 309 g/mol. The van der Waals surface area contributed by atoms with Gasteiger partial charge in [0.05, 0.1) is 5.92 Å². The number of rotatable bonds is 4. The van der Waals surface area contributed by atoms with Gasteiger partial charge >= 0.3 is 5.97 Å². The Morgan fingerprint density at radius 3 is 2.68 bits per heavy atom. The van der Waals surface area contributed by atoms with Crippen molar-refractivity contribution in [3.63, 3.8) is 0 Å². The highest BCUT2D eigenvalue weighted by Crippen LogP contribution is 2.20. The zero-order chi connectivity index (χ0) is 16.1. The van der Waals surface area contributed by atoms with Gasteiger partial charge < -0.3 is 10.1 Å². The third-order valence-electron chi connectivity index (χ3n) is 3.45. The number of halogens is 2. The Kier molecular flexibility index (Phi) is 5.25. The Morgan fingerprint density at radius 2 is 2.05 bits per heavy atom. The van der Waals surface area contributed by atoms with E-state index < -0.39 is 29.6 Å². The smallest absolute Gasteiger partial charge is 0.310 e. The number of nitrogens with one attached hydrogen (secondary N) is 1. The number of carbonyl (C=O) groups is 2. The molecular formula is C16H17F2NO3. The Balaban J connectivity index is 1.89. The maximum atomic E-state index is 13.1. The molecule has 0 aromatic heterocycles. The van der Waals surface area contributed by atoms with E-state index in [0.29, 0.717) is 12.8 Å². The second kappa shape index (κ2) is 7.15. The van der Waals surface area contributed by atoms with Crippen molar-refractivity contribution in [2.45, 2.75) is 32.3 Å². The first-order valence-corrected chi connectivity index (χ1v) is 7.09. The van der Waals surface area contributed by atoms with Crippen molar-refractivity contribution in [2.75, 3.05) is 5.32 Å². The first kappa shape index (κ1) is 16.1. The van der Waals surface area contributed by atoms with Crippen molar-refractivity contribution in [1.82, 2.24) is 0 Å². The summed E-state index contributed by atoms with van der Waals surface area (Å²) in [4.78, 5) is 23.8. The first-order chi connectivity index (χ1) is 10.5. The largest absolute Gasteiger partial charge is 0.452 e. The third-order valence-corrected chi connectivity index (χ3v) is 3.45. The minimum atomic E-state index is -1.06. The van der Waals surface area contributed by atoms with Crippen LogP contribution in [0.4, 0.5) is 14.5 Å². The predicted molar refractivity (Wildman–Crippen MR) is 77.0 cm³/mol. The number of ether oxygens (including phenoxy) is 1. The summed E-state index contributed by atoms with van der Waals surface area (Å²) in [5, 5.41) is 2.38. The molecule has 0 radical (unpaired) electrons. The van der Waals surface area contributed by atoms with E-state index in [1.165, 1.54) is 13.0 Å². The molecule has 1 aliphatic carbocycles. The Morgan fingerprint density at radius 1 is 1.27 bits per heavy atom. The van der Waals surface area contributed by atoms with Crippen molar-refractivity contribution in [3.05, 3.63) is 42.0 Å². The summed E-state index contributed by atoms with van der Waals surface area (Å²) in [6.07, 6.45) is 5.04. The topological polar surface area (TPSA) is 55.4 Å².